The van der Waals surface area contributed by atoms with E-state index in [1.54, 1.807) is 6.92 Å². The van der Waals surface area contributed by atoms with Crippen molar-refractivity contribution < 1.29 is 9.59 Å². The minimum absolute atomic E-state index is 0.194. The minimum Gasteiger partial charge on any atom is -0.356 e. The van der Waals surface area contributed by atoms with E-state index >= 15 is 0 Å². The lowest BCUT2D eigenvalue weighted by Crippen LogP contribution is -2.48. The van der Waals surface area contributed by atoms with Gasteiger partial charge < -0.3 is 10.2 Å². The van der Waals surface area contributed by atoms with Gasteiger partial charge in [-0.3, -0.25) is 14.5 Å². The summed E-state index contributed by atoms with van der Waals surface area (Å²) in [5.74, 6) is 0.876. The van der Waals surface area contributed by atoms with Gasteiger partial charge in [0, 0.05) is 46.1 Å². The van der Waals surface area contributed by atoms with E-state index in [9.17, 15) is 9.59 Å². The van der Waals surface area contributed by atoms with Crippen LogP contribution in [0.3, 0.4) is 0 Å². The van der Waals surface area contributed by atoms with Gasteiger partial charge in [-0.1, -0.05) is 47.0 Å². The molecule has 0 spiro atoms. The lowest BCUT2D eigenvalue weighted by molar-refractivity contribution is -0.130. The van der Waals surface area contributed by atoms with Crippen LogP contribution >= 0.6 is 0 Å². The fraction of sp³-hybridized carbons (Fsp3) is 0.900. The van der Waals surface area contributed by atoms with Gasteiger partial charge in [0.05, 0.1) is 0 Å². The van der Waals surface area contributed by atoms with Crippen molar-refractivity contribution in [2.45, 2.75) is 73.1 Å². The van der Waals surface area contributed by atoms with E-state index in [0.29, 0.717) is 12.3 Å². The van der Waals surface area contributed by atoms with Crippen LogP contribution in [0.5, 0.6) is 0 Å². The minimum atomic E-state index is 0.194. The molecule has 1 fully saturated rings. The smallest absolute Gasteiger partial charge is 0.220 e. The number of nitrogens with zero attached hydrogens (tertiary/aromatic N) is 2. The SMILES string of the molecule is CC.CCC(C)CC(=O)NCCCCCCN1CCN(C(C)=O)CC1. The Morgan fingerprint density at radius 3 is 2.16 bits per heavy atom. The third kappa shape index (κ3) is 12.0. The molecule has 1 rings (SSSR count). The molecular weight excluding hydrogens is 314 g/mol. The highest BCUT2D eigenvalue weighted by atomic mass is 16.2. The molecule has 2 amide bonds. The second kappa shape index (κ2) is 15.2. The van der Waals surface area contributed by atoms with Crippen LogP contribution in [-0.4, -0.2) is 60.9 Å². The molecule has 1 heterocycles. The molecule has 1 atom stereocenters. The number of carbonyl (C=O) groups excluding carboxylic acids is 2. The average molecular weight is 356 g/mol. The maximum Gasteiger partial charge on any atom is 0.220 e. The average Bonchev–Trinajstić information content (AvgIpc) is 2.62. The van der Waals surface area contributed by atoms with Gasteiger partial charge in [0.2, 0.25) is 11.8 Å². The van der Waals surface area contributed by atoms with Crippen molar-refractivity contribution in [2.75, 3.05) is 39.3 Å². The number of nitrogens with one attached hydrogen (secondary N) is 1. The van der Waals surface area contributed by atoms with E-state index in [0.717, 1.165) is 52.1 Å². The monoisotopic (exact) mass is 355 g/mol. The van der Waals surface area contributed by atoms with Crippen LogP contribution in [0.15, 0.2) is 0 Å². The van der Waals surface area contributed by atoms with Crippen molar-refractivity contribution in [3.8, 4) is 0 Å². The van der Waals surface area contributed by atoms with Crippen molar-refractivity contribution in [2.24, 2.45) is 5.92 Å². The summed E-state index contributed by atoms with van der Waals surface area (Å²) in [6.45, 7) is 15.6. The highest BCUT2D eigenvalue weighted by Crippen LogP contribution is 2.07. The first kappa shape index (κ1) is 23.9. The van der Waals surface area contributed by atoms with Crippen LogP contribution in [0.25, 0.3) is 0 Å². The Hall–Kier alpha value is -1.10. The van der Waals surface area contributed by atoms with Gasteiger partial charge >= 0.3 is 0 Å². The number of amides is 2. The van der Waals surface area contributed by atoms with Crippen LogP contribution in [0.4, 0.5) is 0 Å². The lowest BCUT2D eigenvalue weighted by Gasteiger charge is -2.34. The summed E-state index contributed by atoms with van der Waals surface area (Å²) < 4.78 is 0. The third-order valence-electron chi connectivity index (χ3n) is 4.77. The second-order valence-corrected chi connectivity index (χ2v) is 6.83. The first-order valence-corrected chi connectivity index (χ1v) is 10.3. The van der Waals surface area contributed by atoms with Gasteiger partial charge in [-0.2, -0.15) is 0 Å². The summed E-state index contributed by atoms with van der Waals surface area (Å²) in [5.41, 5.74) is 0. The second-order valence-electron chi connectivity index (χ2n) is 6.83. The normalized spacial score (nSPS) is 16.0. The zero-order valence-corrected chi connectivity index (χ0v) is 17.3. The fourth-order valence-electron chi connectivity index (χ4n) is 2.86. The zero-order valence-electron chi connectivity index (χ0n) is 17.3. The van der Waals surface area contributed by atoms with E-state index in [-0.39, 0.29) is 11.8 Å². The number of carbonyl (C=O) groups is 2. The van der Waals surface area contributed by atoms with Crippen LogP contribution < -0.4 is 5.32 Å². The van der Waals surface area contributed by atoms with Crippen LogP contribution in [0.2, 0.25) is 0 Å². The molecule has 0 bridgehead atoms. The molecule has 5 heteroatoms. The van der Waals surface area contributed by atoms with E-state index in [1.807, 2.05) is 18.7 Å². The van der Waals surface area contributed by atoms with Gasteiger partial charge in [0.15, 0.2) is 0 Å². The first-order chi connectivity index (χ1) is 12.0. The summed E-state index contributed by atoms with van der Waals surface area (Å²) in [7, 11) is 0. The van der Waals surface area contributed by atoms with Crippen LogP contribution in [-0.2, 0) is 9.59 Å². The van der Waals surface area contributed by atoms with Crippen LogP contribution in [0.1, 0.15) is 73.1 Å². The van der Waals surface area contributed by atoms with Gasteiger partial charge in [0.1, 0.15) is 0 Å². The molecule has 1 aliphatic rings. The molecule has 0 radical (unpaired) electrons. The molecule has 0 aromatic rings. The predicted octanol–water partition coefficient (Wildman–Crippen LogP) is 3.29. The zero-order chi connectivity index (χ0) is 19.1. The molecule has 5 nitrogen and oxygen atoms in total. The van der Waals surface area contributed by atoms with Gasteiger partial charge in [0.25, 0.3) is 0 Å². The topological polar surface area (TPSA) is 52.7 Å². The quantitative estimate of drug-likeness (QED) is 0.612. The summed E-state index contributed by atoms with van der Waals surface area (Å²) >= 11 is 0. The molecule has 1 saturated heterocycles. The maximum absolute atomic E-state index is 11.6. The summed E-state index contributed by atoms with van der Waals surface area (Å²) in [6.07, 6.45) is 6.40. The number of hydrogen-bond donors (Lipinski definition) is 1. The van der Waals surface area contributed by atoms with Crippen molar-refractivity contribution in [1.29, 1.82) is 0 Å². The predicted molar refractivity (Wildman–Crippen MR) is 106 cm³/mol. The highest BCUT2D eigenvalue weighted by molar-refractivity contribution is 5.76. The largest absolute Gasteiger partial charge is 0.356 e. The summed E-state index contributed by atoms with van der Waals surface area (Å²) in [4.78, 5) is 27.3. The van der Waals surface area contributed by atoms with E-state index in [4.69, 9.17) is 0 Å². The summed E-state index contributed by atoms with van der Waals surface area (Å²) in [5, 5.41) is 3.02. The molecule has 0 aliphatic carbocycles. The molecule has 0 aromatic heterocycles. The maximum atomic E-state index is 11.6. The Kier molecular flexibility index (Phi) is 14.5. The number of rotatable bonds is 10. The molecule has 1 unspecified atom stereocenters. The number of piperazine rings is 1. The van der Waals surface area contributed by atoms with Crippen molar-refractivity contribution in [3.63, 3.8) is 0 Å². The van der Waals surface area contributed by atoms with Crippen molar-refractivity contribution >= 4 is 11.8 Å². The van der Waals surface area contributed by atoms with E-state index in [1.165, 1.54) is 19.3 Å². The molecule has 1 aliphatic heterocycles. The Balaban J connectivity index is 0.00000277. The first-order valence-electron chi connectivity index (χ1n) is 10.3. The highest BCUT2D eigenvalue weighted by Gasteiger charge is 2.17. The molecule has 0 saturated carbocycles. The number of unbranched alkanes of at least 4 members (excludes halogenated alkanes) is 3. The Labute approximate surface area is 155 Å². The standard InChI is InChI=1S/C18H35N3O2.C2H6/c1-4-16(2)15-18(23)19-9-7-5-6-8-10-20-11-13-21(14-12-20)17(3)22;1-2/h16H,4-15H2,1-3H3,(H,19,23);1-2H3. The van der Waals surface area contributed by atoms with Crippen molar-refractivity contribution in [1.82, 2.24) is 15.1 Å². The van der Waals surface area contributed by atoms with E-state index < -0.39 is 0 Å². The molecule has 0 aromatic carbocycles. The lowest BCUT2D eigenvalue weighted by atomic mass is 10.1. The Bertz CT molecular complexity index is 353. The van der Waals surface area contributed by atoms with Crippen LogP contribution in [0, 0.1) is 5.92 Å². The molecular formula is C20H41N3O2. The summed E-state index contributed by atoms with van der Waals surface area (Å²) in [6, 6.07) is 0. The molecule has 25 heavy (non-hydrogen) atoms. The van der Waals surface area contributed by atoms with Gasteiger partial charge in [-0.15, -0.1) is 0 Å². The number of hydrogen-bond acceptors (Lipinski definition) is 3. The third-order valence-corrected chi connectivity index (χ3v) is 4.77. The van der Waals surface area contributed by atoms with E-state index in [2.05, 4.69) is 24.1 Å². The Morgan fingerprint density at radius 2 is 1.60 bits per heavy atom. The van der Waals surface area contributed by atoms with Gasteiger partial charge in [-0.05, 0) is 25.3 Å². The van der Waals surface area contributed by atoms with Crippen molar-refractivity contribution in [3.05, 3.63) is 0 Å². The van der Waals surface area contributed by atoms with Gasteiger partial charge in [-0.25, -0.2) is 0 Å². The molecule has 1 N–H and O–H groups in total. The fourth-order valence-corrected chi connectivity index (χ4v) is 2.86. The Morgan fingerprint density at radius 1 is 1.00 bits per heavy atom. The molecule has 148 valence electrons.